The topological polar surface area (TPSA) is 46.3 Å². The number of thioether (sulfide) groups is 1. The zero-order valence-electron chi connectivity index (χ0n) is 9.08. The molecule has 0 aromatic rings. The summed E-state index contributed by atoms with van der Waals surface area (Å²) in [6.45, 7) is 0.829. The summed E-state index contributed by atoms with van der Waals surface area (Å²) in [6.07, 6.45) is 5.77. The molecule has 1 saturated carbocycles. The molecular weight excluding hydrogens is 196 g/mol. The Hall–Kier alpha value is -0.220. The predicted molar refractivity (Wildman–Crippen MR) is 61.4 cm³/mol. The van der Waals surface area contributed by atoms with Gasteiger partial charge in [-0.1, -0.05) is 0 Å². The average Bonchev–Trinajstić information content (AvgIpc) is 2.11. The van der Waals surface area contributed by atoms with Gasteiger partial charge in [0, 0.05) is 31.3 Å². The van der Waals surface area contributed by atoms with E-state index < -0.39 is 0 Å². The summed E-state index contributed by atoms with van der Waals surface area (Å²) in [5.74, 6) is 1.20. The van der Waals surface area contributed by atoms with Crippen molar-refractivity contribution in [3.8, 4) is 0 Å². The van der Waals surface area contributed by atoms with Crippen LogP contribution in [0.5, 0.6) is 0 Å². The molecule has 0 aromatic heterocycles. The minimum atomic E-state index is -0.176. The Morgan fingerprint density at radius 1 is 1.57 bits per heavy atom. The van der Waals surface area contributed by atoms with E-state index in [1.165, 1.54) is 6.42 Å². The van der Waals surface area contributed by atoms with E-state index >= 15 is 0 Å². The average molecular weight is 216 g/mol. The molecule has 0 saturated heterocycles. The fraction of sp³-hybridized carbons (Fsp3) is 0.900. The number of hydrogen-bond acceptors (Lipinski definition) is 3. The summed E-state index contributed by atoms with van der Waals surface area (Å²) in [5, 5.41) is 0. The van der Waals surface area contributed by atoms with Gasteiger partial charge in [0.25, 0.3) is 0 Å². The normalized spacial score (nSPS) is 18.8. The molecule has 4 heteroatoms. The second-order valence-corrected chi connectivity index (χ2v) is 5.19. The monoisotopic (exact) mass is 216 g/mol. The molecule has 1 aliphatic rings. The maximum absolute atomic E-state index is 11.7. The third-order valence-electron chi connectivity index (χ3n) is 2.91. The molecular formula is C10H20N2OS. The summed E-state index contributed by atoms with van der Waals surface area (Å²) in [6, 6.07) is 0. The molecule has 0 radical (unpaired) electrons. The van der Waals surface area contributed by atoms with Crippen LogP contribution in [0, 0.1) is 0 Å². The first-order valence-electron chi connectivity index (χ1n) is 5.09. The summed E-state index contributed by atoms with van der Waals surface area (Å²) in [4.78, 5) is 13.5. The van der Waals surface area contributed by atoms with Gasteiger partial charge in [-0.3, -0.25) is 4.79 Å². The number of nitrogens with two attached hydrogens (primary N) is 1. The van der Waals surface area contributed by atoms with Gasteiger partial charge in [0.1, 0.15) is 0 Å². The van der Waals surface area contributed by atoms with Gasteiger partial charge >= 0.3 is 0 Å². The van der Waals surface area contributed by atoms with E-state index in [1.54, 1.807) is 16.7 Å². The molecule has 0 aromatic carbocycles. The van der Waals surface area contributed by atoms with Crippen molar-refractivity contribution in [1.29, 1.82) is 0 Å². The third kappa shape index (κ3) is 3.17. The Morgan fingerprint density at radius 3 is 2.64 bits per heavy atom. The largest absolute Gasteiger partial charge is 0.345 e. The van der Waals surface area contributed by atoms with Gasteiger partial charge in [-0.05, 0) is 25.5 Å². The fourth-order valence-electron chi connectivity index (χ4n) is 1.60. The lowest BCUT2D eigenvalue weighted by atomic mass is 9.75. The van der Waals surface area contributed by atoms with Crippen LogP contribution in [0.4, 0.5) is 0 Å². The highest BCUT2D eigenvalue weighted by atomic mass is 32.2. The smallest absolute Gasteiger partial charge is 0.224 e. The van der Waals surface area contributed by atoms with Crippen molar-refractivity contribution >= 4 is 17.7 Å². The second-order valence-electron chi connectivity index (χ2n) is 4.20. The molecule has 14 heavy (non-hydrogen) atoms. The molecule has 1 fully saturated rings. The van der Waals surface area contributed by atoms with E-state index in [9.17, 15) is 4.79 Å². The van der Waals surface area contributed by atoms with Crippen LogP contribution < -0.4 is 5.73 Å². The molecule has 0 bridgehead atoms. The molecule has 1 rings (SSSR count). The van der Waals surface area contributed by atoms with E-state index in [-0.39, 0.29) is 11.4 Å². The Balaban J connectivity index is 2.26. The lowest BCUT2D eigenvalue weighted by Gasteiger charge is -2.38. The first kappa shape index (κ1) is 11.9. The van der Waals surface area contributed by atoms with Gasteiger partial charge in [-0.15, -0.1) is 0 Å². The van der Waals surface area contributed by atoms with Crippen molar-refractivity contribution in [2.45, 2.75) is 31.2 Å². The number of hydrogen-bond donors (Lipinski definition) is 1. The van der Waals surface area contributed by atoms with Crippen LogP contribution in [0.2, 0.25) is 0 Å². The standard InChI is InChI=1S/C10H20N2OS/c1-12(6-7-14-2)9(13)8-10(11)4-3-5-10/h3-8,11H2,1-2H3. The molecule has 1 aliphatic carbocycles. The van der Waals surface area contributed by atoms with E-state index in [2.05, 4.69) is 6.26 Å². The number of amides is 1. The van der Waals surface area contributed by atoms with Crippen molar-refractivity contribution in [3.05, 3.63) is 0 Å². The molecule has 3 nitrogen and oxygen atoms in total. The van der Waals surface area contributed by atoms with Gasteiger partial charge in [-0.25, -0.2) is 0 Å². The van der Waals surface area contributed by atoms with Crippen LogP contribution >= 0.6 is 11.8 Å². The molecule has 0 atom stereocenters. The highest BCUT2D eigenvalue weighted by molar-refractivity contribution is 7.98. The van der Waals surface area contributed by atoms with Crippen LogP contribution in [0.15, 0.2) is 0 Å². The Bertz CT molecular complexity index is 204. The zero-order valence-corrected chi connectivity index (χ0v) is 9.90. The lowest BCUT2D eigenvalue weighted by molar-refractivity contribution is -0.131. The number of rotatable bonds is 5. The van der Waals surface area contributed by atoms with Crippen LogP contribution in [0.25, 0.3) is 0 Å². The van der Waals surface area contributed by atoms with Gasteiger partial charge < -0.3 is 10.6 Å². The maximum Gasteiger partial charge on any atom is 0.224 e. The van der Waals surface area contributed by atoms with Crippen molar-refractivity contribution in [2.24, 2.45) is 5.73 Å². The SMILES string of the molecule is CSCCN(C)C(=O)CC1(N)CCC1. The van der Waals surface area contributed by atoms with Crippen molar-refractivity contribution < 1.29 is 4.79 Å². The predicted octanol–water partition coefficient (Wildman–Crippen LogP) is 1.08. The lowest BCUT2D eigenvalue weighted by Crippen LogP contribution is -2.50. The highest BCUT2D eigenvalue weighted by Gasteiger charge is 2.35. The highest BCUT2D eigenvalue weighted by Crippen LogP contribution is 2.32. The summed E-state index contributed by atoms with van der Waals surface area (Å²) in [7, 11) is 1.86. The zero-order chi connectivity index (χ0) is 10.6. The number of carbonyl (C=O) groups excluding carboxylic acids is 1. The molecule has 0 aliphatic heterocycles. The van der Waals surface area contributed by atoms with Crippen molar-refractivity contribution in [3.63, 3.8) is 0 Å². The molecule has 1 amide bonds. The minimum Gasteiger partial charge on any atom is -0.345 e. The van der Waals surface area contributed by atoms with Crippen LogP contribution in [-0.4, -0.2) is 41.9 Å². The summed E-state index contributed by atoms with van der Waals surface area (Å²) in [5.41, 5.74) is 5.84. The third-order valence-corrected chi connectivity index (χ3v) is 3.50. The minimum absolute atomic E-state index is 0.176. The van der Waals surface area contributed by atoms with Crippen LogP contribution in [0.1, 0.15) is 25.7 Å². The second kappa shape index (κ2) is 5.03. The van der Waals surface area contributed by atoms with Crippen molar-refractivity contribution in [2.75, 3.05) is 25.6 Å². The fourth-order valence-corrected chi connectivity index (χ4v) is 2.05. The van der Waals surface area contributed by atoms with Crippen LogP contribution in [0.3, 0.4) is 0 Å². The van der Waals surface area contributed by atoms with Crippen LogP contribution in [-0.2, 0) is 4.79 Å². The van der Waals surface area contributed by atoms with Gasteiger partial charge in [-0.2, -0.15) is 11.8 Å². The molecule has 82 valence electrons. The first-order chi connectivity index (χ1) is 6.57. The Morgan fingerprint density at radius 2 is 2.21 bits per heavy atom. The molecule has 0 unspecified atom stereocenters. The number of nitrogens with zero attached hydrogens (tertiary/aromatic N) is 1. The number of carbonyl (C=O) groups is 1. The quantitative estimate of drug-likeness (QED) is 0.748. The van der Waals surface area contributed by atoms with E-state index in [4.69, 9.17) is 5.73 Å². The Labute approximate surface area is 90.4 Å². The van der Waals surface area contributed by atoms with Gasteiger partial charge in [0.2, 0.25) is 5.91 Å². The van der Waals surface area contributed by atoms with Crippen molar-refractivity contribution in [1.82, 2.24) is 4.90 Å². The molecule has 0 heterocycles. The first-order valence-corrected chi connectivity index (χ1v) is 6.48. The Kier molecular flexibility index (Phi) is 4.26. The van der Waals surface area contributed by atoms with E-state index in [0.717, 1.165) is 25.1 Å². The molecule has 0 spiro atoms. The molecule has 2 N–H and O–H groups in total. The van der Waals surface area contributed by atoms with E-state index in [0.29, 0.717) is 6.42 Å². The van der Waals surface area contributed by atoms with Gasteiger partial charge in [0.15, 0.2) is 0 Å². The van der Waals surface area contributed by atoms with Gasteiger partial charge in [0.05, 0.1) is 0 Å². The maximum atomic E-state index is 11.7. The summed E-state index contributed by atoms with van der Waals surface area (Å²) < 4.78 is 0. The van der Waals surface area contributed by atoms with E-state index in [1.807, 2.05) is 7.05 Å². The summed E-state index contributed by atoms with van der Waals surface area (Å²) >= 11 is 1.76.